The zero-order valence-corrected chi connectivity index (χ0v) is 11.8. The molecule has 5 nitrogen and oxygen atoms in total. The van der Waals surface area contributed by atoms with Crippen LogP contribution in [0.3, 0.4) is 0 Å². The third-order valence-electron chi connectivity index (χ3n) is 3.72. The molecule has 3 unspecified atom stereocenters. The first-order chi connectivity index (χ1) is 8.57. The fourth-order valence-corrected chi connectivity index (χ4v) is 4.36. The molecule has 0 amide bonds. The summed E-state index contributed by atoms with van der Waals surface area (Å²) in [6.07, 6.45) is 5.24. The number of ether oxygens (including phenoxy) is 1. The molecular formula is C12H24N2O3S. The Morgan fingerprint density at radius 2 is 2.17 bits per heavy atom. The molecule has 6 heteroatoms. The molecule has 2 aliphatic rings. The lowest BCUT2D eigenvalue weighted by Crippen LogP contribution is -2.47. The van der Waals surface area contributed by atoms with E-state index in [0.717, 1.165) is 45.3 Å². The molecule has 106 valence electrons. The number of rotatable bonds is 5. The van der Waals surface area contributed by atoms with Crippen molar-refractivity contribution in [2.45, 2.75) is 57.2 Å². The number of hydrogen-bond acceptors (Lipinski definition) is 4. The highest BCUT2D eigenvalue weighted by atomic mass is 32.2. The van der Waals surface area contributed by atoms with Crippen LogP contribution in [0.2, 0.25) is 0 Å². The SMILES string of the molecule is CC(NS(=O)(=O)CC1CCCCN1)C1CCCO1. The molecule has 2 N–H and O–H groups in total. The van der Waals surface area contributed by atoms with Crippen molar-refractivity contribution in [2.24, 2.45) is 0 Å². The topological polar surface area (TPSA) is 67.4 Å². The molecule has 0 aliphatic carbocycles. The van der Waals surface area contributed by atoms with Crippen molar-refractivity contribution < 1.29 is 13.2 Å². The van der Waals surface area contributed by atoms with Gasteiger partial charge in [0.05, 0.1) is 11.9 Å². The standard InChI is InChI=1S/C12H24N2O3S/c1-10(12-6-4-8-17-12)14-18(15,16)9-11-5-2-3-7-13-11/h10-14H,2-9H2,1H3. The average molecular weight is 276 g/mol. The lowest BCUT2D eigenvalue weighted by atomic mass is 10.1. The highest BCUT2D eigenvalue weighted by Crippen LogP contribution is 2.16. The number of piperidine rings is 1. The largest absolute Gasteiger partial charge is 0.377 e. The van der Waals surface area contributed by atoms with Crippen molar-refractivity contribution in [3.63, 3.8) is 0 Å². The molecule has 0 saturated carbocycles. The number of hydrogen-bond donors (Lipinski definition) is 2. The smallest absolute Gasteiger partial charge is 0.213 e. The fourth-order valence-electron chi connectivity index (χ4n) is 2.74. The first-order valence-corrected chi connectivity index (χ1v) is 8.57. The van der Waals surface area contributed by atoms with Gasteiger partial charge in [-0.05, 0) is 39.2 Å². The molecule has 0 radical (unpaired) electrons. The van der Waals surface area contributed by atoms with E-state index < -0.39 is 10.0 Å². The van der Waals surface area contributed by atoms with E-state index in [0.29, 0.717) is 0 Å². The van der Waals surface area contributed by atoms with Gasteiger partial charge in [0, 0.05) is 18.7 Å². The van der Waals surface area contributed by atoms with Gasteiger partial charge in [0.25, 0.3) is 0 Å². The summed E-state index contributed by atoms with van der Waals surface area (Å²) in [5.74, 6) is 0.185. The molecule has 0 aromatic heterocycles. The Hall–Kier alpha value is -0.170. The molecule has 0 spiro atoms. The maximum Gasteiger partial charge on any atom is 0.213 e. The van der Waals surface area contributed by atoms with Crippen LogP contribution in [0.15, 0.2) is 0 Å². The summed E-state index contributed by atoms with van der Waals surface area (Å²) in [4.78, 5) is 0. The summed E-state index contributed by atoms with van der Waals surface area (Å²) < 4.78 is 32.4. The van der Waals surface area contributed by atoms with Gasteiger partial charge >= 0.3 is 0 Å². The minimum Gasteiger partial charge on any atom is -0.377 e. The van der Waals surface area contributed by atoms with E-state index in [-0.39, 0.29) is 23.9 Å². The Balaban J connectivity index is 1.82. The van der Waals surface area contributed by atoms with Crippen LogP contribution < -0.4 is 10.0 Å². The normalized spacial score (nSPS) is 31.4. The monoisotopic (exact) mass is 276 g/mol. The lowest BCUT2D eigenvalue weighted by molar-refractivity contribution is 0.0902. The van der Waals surface area contributed by atoms with Crippen LogP contribution in [0.5, 0.6) is 0 Å². The summed E-state index contributed by atoms with van der Waals surface area (Å²) in [6, 6.07) is -0.0194. The summed E-state index contributed by atoms with van der Waals surface area (Å²) in [5, 5.41) is 3.27. The maximum absolute atomic E-state index is 12.1. The minimum absolute atomic E-state index is 0.0408. The molecule has 3 atom stereocenters. The van der Waals surface area contributed by atoms with Crippen molar-refractivity contribution in [3.8, 4) is 0 Å². The second-order valence-corrected chi connectivity index (χ2v) is 7.18. The van der Waals surface area contributed by atoms with E-state index in [1.807, 2.05) is 6.92 Å². The highest BCUT2D eigenvalue weighted by molar-refractivity contribution is 7.89. The Morgan fingerprint density at radius 1 is 1.33 bits per heavy atom. The Bertz CT molecular complexity index is 346. The molecule has 0 bridgehead atoms. The van der Waals surface area contributed by atoms with E-state index in [4.69, 9.17) is 4.74 Å². The van der Waals surface area contributed by atoms with E-state index in [1.54, 1.807) is 0 Å². The molecule has 2 aliphatic heterocycles. The van der Waals surface area contributed by atoms with Gasteiger partial charge in [0.15, 0.2) is 0 Å². The van der Waals surface area contributed by atoms with E-state index in [2.05, 4.69) is 10.0 Å². The fraction of sp³-hybridized carbons (Fsp3) is 1.00. The maximum atomic E-state index is 12.1. The quantitative estimate of drug-likeness (QED) is 0.772. The minimum atomic E-state index is -3.21. The average Bonchev–Trinajstić information content (AvgIpc) is 2.82. The highest BCUT2D eigenvalue weighted by Gasteiger charge is 2.28. The molecule has 18 heavy (non-hydrogen) atoms. The molecular weight excluding hydrogens is 252 g/mol. The van der Waals surface area contributed by atoms with Gasteiger partial charge in [0.1, 0.15) is 0 Å². The third kappa shape index (κ3) is 4.19. The Labute approximate surface area is 110 Å². The van der Waals surface area contributed by atoms with Gasteiger partial charge < -0.3 is 10.1 Å². The van der Waals surface area contributed by atoms with Crippen molar-refractivity contribution >= 4 is 10.0 Å². The summed E-state index contributed by atoms with van der Waals surface area (Å²) in [6.45, 7) is 3.57. The first kappa shape index (κ1) is 14.2. The number of sulfonamides is 1. The van der Waals surface area contributed by atoms with Gasteiger partial charge in [-0.25, -0.2) is 13.1 Å². The molecule has 0 aromatic rings. The molecule has 2 heterocycles. The van der Waals surface area contributed by atoms with Crippen LogP contribution in [-0.4, -0.2) is 45.5 Å². The predicted molar refractivity (Wildman–Crippen MR) is 71.0 cm³/mol. The van der Waals surface area contributed by atoms with Crippen LogP contribution >= 0.6 is 0 Å². The molecule has 2 saturated heterocycles. The van der Waals surface area contributed by atoms with E-state index in [1.165, 1.54) is 0 Å². The Kier molecular flexibility index (Phi) is 5.00. The van der Waals surface area contributed by atoms with Gasteiger partial charge in [-0.2, -0.15) is 0 Å². The summed E-state index contributed by atoms with van der Waals surface area (Å²) in [5.41, 5.74) is 0. The summed E-state index contributed by atoms with van der Waals surface area (Å²) in [7, 11) is -3.21. The van der Waals surface area contributed by atoms with Crippen molar-refractivity contribution in [3.05, 3.63) is 0 Å². The van der Waals surface area contributed by atoms with Crippen molar-refractivity contribution in [1.29, 1.82) is 0 Å². The second kappa shape index (κ2) is 6.32. The third-order valence-corrected chi connectivity index (χ3v) is 5.29. The van der Waals surface area contributed by atoms with Crippen LogP contribution in [0, 0.1) is 0 Å². The van der Waals surface area contributed by atoms with Gasteiger partial charge in [-0.15, -0.1) is 0 Å². The van der Waals surface area contributed by atoms with Gasteiger partial charge in [-0.3, -0.25) is 0 Å². The zero-order valence-electron chi connectivity index (χ0n) is 11.0. The second-order valence-electron chi connectivity index (χ2n) is 5.39. The van der Waals surface area contributed by atoms with Crippen LogP contribution in [0.1, 0.15) is 39.0 Å². The van der Waals surface area contributed by atoms with Crippen LogP contribution in [0.25, 0.3) is 0 Å². The van der Waals surface area contributed by atoms with Gasteiger partial charge in [-0.1, -0.05) is 6.42 Å². The van der Waals surface area contributed by atoms with Crippen molar-refractivity contribution in [1.82, 2.24) is 10.0 Å². The molecule has 0 aromatic carbocycles. The number of nitrogens with one attached hydrogen (secondary N) is 2. The first-order valence-electron chi connectivity index (χ1n) is 6.92. The van der Waals surface area contributed by atoms with E-state index in [9.17, 15) is 8.42 Å². The van der Waals surface area contributed by atoms with Crippen LogP contribution in [-0.2, 0) is 14.8 Å². The zero-order chi connectivity index (χ0) is 13.0. The lowest BCUT2D eigenvalue weighted by Gasteiger charge is -2.25. The Morgan fingerprint density at radius 3 is 2.78 bits per heavy atom. The van der Waals surface area contributed by atoms with Crippen molar-refractivity contribution in [2.75, 3.05) is 18.9 Å². The van der Waals surface area contributed by atoms with Crippen LogP contribution in [0.4, 0.5) is 0 Å². The summed E-state index contributed by atoms with van der Waals surface area (Å²) >= 11 is 0. The van der Waals surface area contributed by atoms with E-state index >= 15 is 0 Å². The molecule has 2 fully saturated rings. The predicted octanol–water partition coefficient (Wildman–Crippen LogP) is 0.615. The molecule has 2 rings (SSSR count). The van der Waals surface area contributed by atoms with Gasteiger partial charge in [0.2, 0.25) is 10.0 Å².